The number of benzene rings is 3. The summed E-state index contributed by atoms with van der Waals surface area (Å²) in [5.74, 6) is 0. The molecule has 0 fully saturated rings. The molecule has 1 aliphatic rings. The van der Waals surface area contributed by atoms with Gasteiger partial charge in [-0.15, -0.1) is 12.4 Å². The third-order valence-electron chi connectivity index (χ3n) is 5.71. The zero-order valence-electron chi connectivity index (χ0n) is 16.4. The quantitative estimate of drug-likeness (QED) is 0.397. The molecule has 0 radical (unpaired) electrons. The van der Waals surface area contributed by atoms with E-state index in [0.29, 0.717) is 0 Å². The highest BCUT2D eigenvalue weighted by Crippen LogP contribution is 2.26. The minimum atomic E-state index is -0.0289. The fourth-order valence-electron chi connectivity index (χ4n) is 4.17. The van der Waals surface area contributed by atoms with Crippen molar-refractivity contribution in [1.82, 2.24) is 9.88 Å². The van der Waals surface area contributed by atoms with Gasteiger partial charge in [-0.25, -0.2) is 0 Å². The number of pyridine rings is 1. The van der Waals surface area contributed by atoms with Crippen molar-refractivity contribution in [2.24, 2.45) is 0 Å². The fraction of sp³-hybridized carbons (Fsp3) is 0.160. The molecule has 2 heterocycles. The van der Waals surface area contributed by atoms with Gasteiger partial charge in [-0.3, -0.25) is 9.69 Å². The molecule has 152 valence electrons. The van der Waals surface area contributed by atoms with Crippen LogP contribution in [0.4, 0.5) is 0 Å². The zero-order valence-corrected chi connectivity index (χ0v) is 18.0. The Morgan fingerprint density at radius 3 is 2.43 bits per heavy atom. The van der Waals surface area contributed by atoms with E-state index in [1.165, 1.54) is 16.7 Å². The van der Waals surface area contributed by atoms with Crippen molar-refractivity contribution in [2.45, 2.75) is 13.0 Å². The molecule has 1 N–H and O–H groups in total. The molecule has 0 amide bonds. The van der Waals surface area contributed by atoms with Gasteiger partial charge in [-0.1, -0.05) is 60.1 Å². The van der Waals surface area contributed by atoms with Crippen molar-refractivity contribution < 1.29 is 0 Å². The normalized spacial score (nSPS) is 14.5. The molecule has 0 aliphatic carbocycles. The SMILES string of the molecule is Cl.O=c1[nH]c2cc(CN3CC=C(c4ccc(Cl)cc4)CC3)ccc2c2ccccc12. The molecule has 3 nitrogen and oxygen atoms in total. The molecule has 0 saturated carbocycles. The average molecular weight is 437 g/mol. The van der Waals surface area contributed by atoms with E-state index in [2.05, 4.69) is 46.3 Å². The van der Waals surface area contributed by atoms with Crippen LogP contribution < -0.4 is 5.56 Å². The van der Waals surface area contributed by atoms with Crippen LogP contribution in [0.2, 0.25) is 5.02 Å². The third kappa shape index (κ3) is 4.01. The zero-order chi connectivity index (χ0) is 19.8. The van der Waals surface area contributed by atoms with Gasteiger partial charge in [0, 0.05) is 40.9 Å². The highest BCUT2D eigenvalue weighted by Gasteiger charge is 2.14. The van der Waals surface area contributed by atoms with Crippen LogP contribution in [-0.4, -0.2) is 23.0 Å². The van der Waals surface area contributed by atoms with Gasteiger partial charge in [0.15, 0.2) is 0 Å². The molecule has 0 unspecified atom stereocenters. The Morgan fingerprint density at radius 2 is 1.70 bits per heavy atom. The minimum absolute atomic E-state index is 0. The number of halogens is 2. The number of aromatic amines is 1. The summed E-state index contributed by atoms with van der Waals surface area (Å²) in [4.78, 5) is 17.9. The molecule has 30 heavy (non-hydrogen) atoms. The van der Waals surface area contributed by atoms with Gasteiger partial charge in [-0.05, 0) is 52.8 Å². The molecule has 5 rings (SSSR count). The molecule has 4 aromatic rings. The van der Waals surface area contributed by atoms with Crippen molar-refractivity contribution in [3.05, 3.63) is 99.3 Å². The van der Waals surface area contributed by atoms with Crippen molar-refractivity contribution in [3.8, 4) is 0 Å². The van der Waals surface area contributed by atoms with E-state index in [1.54, 1.807) is 0 Å². The maximum absolute atomic E-state index is 12.4. The molecular formula is C25H22Cl2N2O. The summed E-state index contributed by atoms with van der Waals surface area (Å²) in [6, 6.07) is 22.3. The molecule has 1 aromatic heterocycles. The minimum Gasteiger partial charge on any atom is -0.321 e. The van der Waals surface area contributed by atoms with Gasteiger partial charge in [0.1, 0.15) is 0 Å². The number of nitrogens with one attached hydrogen (secondary N) is 1. The molecule has 0 saturated heterocycles. The smallest absolute Gasteiger partial charge is 0.256 e. The number of aromatic nitrogens is 1. The number of rotatable bonds is 3. The Kier molecular flexibility index (Phi) is 5.96. The second-order valence-electron chi connectivity index (χ2n) is 7.60. The topological polar surface area (TPSA) is 36.1 Å². The maximum Gasteiger partial charge on any atom is 0.256 e. The summed E-state index contributed by atoms with van der Waals surface area (Å²) in [6.45, 7) is 2.81. The predicted molar refractivity (Wildman–Crippen MR) is 129 cm³/mol. The lowest BCUT2D eigenvalue weighted by atomic mass is 9.99. The summed E-state index contributed by atoms with van der Waals surface area (Å²) < 4.78 is 0. The molecule has 0 atom stereocenters. The molecule has 5 heteroatoms. The largest absolute Gasteiger partial charge is 0.321 e. The third-order valence-corrected chi connectivity index (χ3v) is 5.96. The van der Waals surface area contributed by atoms with Crippen LogP contribution in [0.15, 0.2) is 77.6 Å². The number of fused-ring (bicyclic) bond motifs is 3. The first-order chi connectivity index (χ1) is 14.2. The number of nitrogens with zero attached hydrogens (tertiary/aromatic N) is 1. The van der Waals surface area contributed by atoms with Gasteiger partial charge in [0.25, 0.3) is 5.56 Å². The summed E-state index contributed by atoms with van der Waals surface area (Å²) in [7, 11) is 0. The van der Waals surface area contributed by atoms with Crippen LogP contribution in [0.5, 0.6) is 0 Å². The van der Waals surface area contributed by atoms with Gasteiger partial charge < -0.3 is 4.98 Å². The second kappa shape index (κ2) is 8.65. The van der Waals surface area contributed by atoms with Crippen molar-refractivity contribution in [1.29, 1.82) is 0 Å². The summed E-state index contributed by atoms with van der Waals surface area (Å²) in [5, 5.41) is 3.61. The van der Waals surface area contributed by atoms with Gasteiger partial charge >= 0.3 is 0 Å². The molecule has 0 spiro atoms. The van der Waals surface area contributed by atoms with Crippen LogP contribution in [0.1, 0.15) is 17.5 Å². The Labute approximate surface area is 186 Å². The van der Waals surface area contributed by atoms with E-state index in [9.17, 15) is 4.79 Å². The number of H-pyrrole nitrogens is 1. The Hall–Kier alpha value is -2.59. The van der Waals surface area contributed by atoms with Crippen LogP contribution >= 0.6 is 24.0 Å². The van der Waals surface area contributed by atoms with E-state index < -0.39 is 0 Å². The first-order valence-corrected chi connectivity index (χ1v) is 10.3. The van der Waals surface area contributed by atoms with Crippen molar-refractivity contribution in [2.75, 3.05) is 13.1 Å². The number of hydrogen-bond acceptors (Lipinski definition) is 2. The van der Waals surface area contributed by atoms with Crippen molar-refractivity contribution >= 4 is 51.3 Å². The monoisotopic (exact) mass is 436 g/mol. The lowest BCUT2D eigenvalue weighted by Crippen LogP contribution is -2.28. The highest BCUT2D eigenvalue weighted by atomic mass is 35.5. The van der Waals surface area contributed by atoms with E-state index in [-0.39, 0.29) is 18.0 Å². The predicted octanol–water partition coefficient (Wildman–Crippen LogP) is 6.05. The molecule has 1 aliphatic heterocycles. The lowest BCUT2D eigenvalue weighted by molar-refractivity contribution is 0.294. The first kappa shape index (κ1) is 20.7. The summed E-state index contributed by atoms with van der Waals surface area (Å²) in [5.41, 5.74) is 4.72. The van der Waals surface area contributed by atoms with E-state index >= 15 is 0 Å². The summed E-state index contributed by atoms with van der Waals surface area (Å²) >= 11 is 6.00. The van der Waals surface area contributed by atoms with E-state index in [1.807, 2.05) is 36.4 Å². The highest BCUT2D eigenvalue weighted by molar-refractivity contribution is 6.30. The Bertz CT molecular complexity index is 1290. The van der Waals surface area contributed by atoms with Gasteiger partial charge in [0.05, 0.1) is 0 Å². The molecule has 3 aromatic carbocycles. The summed E-state index contributed by atoms with van der Waals surface area (Å²) in [6.07, 6.45) is 3.33. The van der Waals surface area contributed by atoms with E-state index in [0.717, 1.165) is 52.8 Å². The van der Waals surface area contributed by atoms with Gasteiger partial charge in [-0.2, -0.15) is 0 Å². The standard InChI is InChI=1S/C25H21ClN2O.ClH/c26-20-8-6-18(7-9-20)19-11-13-28(14-12-19)16-17-5-10-22-21-3-1-2-4-23(21)25(29)27-24(22)15-17;/h1-11,15H,12-14,16H2,(H,27,29);1H. The van der Waals surface area contributed by atoms with Crippen molar-refractivity contribution in [3.63, 3.8) is 0 Å². The second-order valence-corrected chi connectivity index (χ2v) is 8.04. The fourth-order valence-corrected chi connectivity index (χ4v) is 4.30. The van der Waals surface area contributed by atoms with Crippen LogP contribution in [0.3, 0.4) is 0 Å². The number of hydrogen-bond donors (Lipinski definition) is 1. The lowest BCUT2D eigenvalue weighted by Gasteiger charge is -2.26. The maximum atomic E-state index is 12.4. The first-order valence-electron chi connectivity index (χ1n) is 9.88. The molecule has 0 bridgehead atoms. The van der Waals surface area contributed by atoms with Crippen LogP contribution in [0.25, 0.3) is 27.2 Å². The van der Waals surface area contributed by atoms with Crippen LogP contribution in [-0.2, 0) is 6.54 Å². The van der Waals surface area contributed by atoms with E-state index in [4.69, 9.17) is 11.6 Å². The molecular weight excluding hydrogens is 415 g/mol. The van der Waals surface area contributed by atoms with Gasteiger partial charge in [0.2, 0.25) is 0 Å². The average Bonchev–Trinajstić information content (AvgIpc) is 2.75. The van der Waals surface area contributed by atoms with Crippen LogP contribution in [0, 0.1) is 0 Å². The Morgan fingerprint density at radius 1 is 0.933 bits per heavy atom. The Balaban J connectivity index is 0.00000218.